The van der Waals surface area contributed by atoms with Gasteiger partial charge in [-0.05, 0) is 86.3 Å². The summed E-state index contributed by atoms with van der Waals surface area (Å²) in [5.41, 5.74) is 4.17. The van der Waals surface area contributed by atoms with E-state index >= 15 is 0 Å². The smallest absolute Gasteiger partial charge is 0.212 e. The zero-order valence-electron chi connectivity index (χ0n) is 21.1. The van der Waals surface area contributed by atoms with Gasteiger partial charge in [-0.15, -0.1) is 20.4 Å². The molecule has 2 aliphatic heterocycles. The Kier molecular flexibility index (Phi) is 7.14. The van der Waals surface area contributed by atoms with Gasteiger partial charge in [-0.3, -0.25) is 0 Å². The molecule has 38 heavy (non-hydrogen) atoms. The van der Waals surface area contributed by atoms with Crippen molar-refractivity contribution in [3.63, 3.8) is 0 Å². The lowest BCUT2D eigenvalue weighted by Gasteiger charge is -2.14. The van der Waals surface area contributed by atoms with Crippen molar-refractivity contribution >= 4 is 34.9 Å². The number of benzene rings is 2. The van der Waals surface area contributed by atoms with E-state index in [-0.39, 0.29) is 0 Å². The summed E-state index contributed by atoms with van der Waals surface area (Å²) in [5, 5.41) is 27.5. The van der Waals surface area contributed by atoms with Gasteiger partial charge in [0.05, 0.1) is 24.6 Å². The molecule has 0 bridgehead atoms. The van der Waals surface area contributed by atoms with E-state index in [2.05, 4.69) is 54.9 Å². The molecule has 2 aliphatic rings. The van der Waals surface area contributed by atoms with Crippen molar-refractivity contribution in [1.29, 1.82) is 0 Å². The molecule has 2 aromatic heterocycles. The van der Waals surface area contributed by atoms with Crippen LogP contribution in [0.1, 0.15) is 35.6 Å². The van der Waals surface area contributed by atoms with Gasteiger partial charge in [0.1, 0.15) is 11.5 Å². The SMILES string of the molecule is Cc1nnc2n1N=C(c1ccc(OCCCCOc3ccc(C4=Nn5c(C)nnc5SC4)cc3)cc1)CS2. The van der Waals surface area contributed by atoms with E-state index in [4.69, 9.17) is 9.47 Å². The van der Waals surface area contributed by atoms with Crippen molar-refractivity contribution in [1.82, 2.24) is 29.7 Å². The lowest BCUT2D eigenvalue weighted by atomic mass is 10.1. The largest absolute Gasteiger partial charge is 0.494 e. The van der Waals surface area contributed by atoms with Crippen molar-refractivity contribution in [2.75, 3.05) is 24.7 Å². The Morgan fingerprint density at radius 3 is 1.47 bits per heavy atom. The van der Waals surface area contributed by atoms with Crippen LogP contribution in [-0.2, 0) is 0 Å². The summed E-state index contributed by atoms with van der Waals surface area (Å²) in [5.74, 6) is 4.85. The fourth-order valence-electron chi connectivity index (χ4n) is 4.01. The van der Waals surface area contributed by atoms with Gasteiger partial charge in [-0.25, -0.2) is 0 Å². The number of nitrogens with zero attached hydrogens (tertiary/aromatic N) is 8. The number of rotatable bonds is 9. The second kappa shape index (κ2) is 11.0. The zero-order valence-corrected chi connectivity index (χ0v) is 22.7. The summed E-state index contributed by atoms with van der Waals surface area (Å²) in [6.45, 7) is 5.10. The number of ether oxygens (including phenoxy) is 2. The van der Waals surface area contributed by atoms with Gasteiger partial charge in [0.2, 0.25) is 10.3 Å². The lowest BCUT2D eigenvalue weighted by molar-refractivity contribution is 0.266. The second-order valence-electron chi connectivity index (χ2n) is 8.81. The molecule has 0 aliphatic carbocycles. The molecule has 2 aromatic carbocycles. The van der Waals surface area contributed by atoms with Crippen LogP contribution in [0.25, 0.3) is 0 Å². The molecule has 0 N–H and O–H groups in total. The van der Waals surface area contributed by atoms with Crippen molar-refractivity contribution in [2.24, 2.45) is 10.2 Å². The summed E-state index contributed by atoms with van der Waals surface area (Å²) in [6.07, 6.45) is 1.82. The number of aryl methyl sites for hydroxylation is 2. The molecule has 0 unspecified atom stereocenters. The fourth-order valence-corrected chi connectivity index (χ4v) is 5.77. The fraction of sp³-hybridized carbons (Fsp3) is 0.308. The predicted molar refractivity (Wildman–Crippen MR) is 148 cm³/mol. The van der Waals surface area contributed by atoms with Gasteiger partial charge in [0.25, 0.3) is 0 Å². The predicted octanol–water partition coefficient (Wildman–Crippen LogP) is 4.44. The summed E-state index contributed by atoms with van der Waals surface area (Å²) < 4.78 is 15.4. The number of hydrogen-bond donors (Lipinski definition) is 0. The summed E-state index contributed by atoms with van der Waals surface area (Å²) in [4.78, 5) is 0. The lowest BCUT2D eigenvalue weighted by Crippen LogP contribution is -2.13. The van der Waals surface area contributed by atoms with Crippen molar-refractivity contribution in [3.05, 3.63) is 71.3 Å². The Bertz CT molecular complexity index is 1380. The summed E-state index contributed by atoms with van der Waals surface area (Å²) >= 11 is 3.29. The van der Waals surface area contributed by atoms with Crippen LogP contribution in [0.4, 0.5) is 0 Å². The van der Waals surface area contributed by atoms with Gasteiger partial charge in [0, 0.05) is 11.5 Å². The first-order valence-corrected chi connectivity index (χ1v) is 14.3. The minimum absolute atomic E-state index is 0.643. The maximum Gasteiger partial charge on any atom is 0.212 e. The Morgan fingerprint density at radius 1 is 0.632 bits per heavy atom. The molecule has 6 rings (SSSR count). The third kappa shape index (κ3) is 5.32. The van der Waals surface area contributed by atoms with Crippen molar-refractivity contribution in [3.8, 4) is 11.5 Å². The monoisotopic (exact) mass is 546 g/mol. The zero-order chi connectivity index (χ0) is 25.9. The molecule has 0 saturated heterocycles. The number of hydrogen-bond acceptors (Lipinski definition) is 10. The molecule has 0 amide bonds. The van der Waals surface area contributed by atoms with Crippen LogP contribution in [0, 0.1) is 13.8 Å². The highest BCUT2D eigenvalue weighted by Crippen LogP contribution is 2.26. The van der Waals surface area contributed by atoms with E-state index in [1.165, 1.54) is 0 Å². The van der Waals surface area contributed by atoms with Crippen LogP contribution < -0.4 is 9.47 Å². The van der Waals surface area contributed by atoms with E-state index < -0.39 is 0 Å². The minimum Gasteiger partial charge on any atom is -0.494 e. The van der Waals surface area contributed by atoms with E-state index in [0.29, 0.717) is 13.2 Å². The van der Waals surface area contributed by atoms with Crippen LogP contribution in [0.15, 0.2) is 69.0 Å². The Balaban J connectivity index is 0.931. The highest BCUT2D eigenvalue weighted by Gasteiger charge is 2.19. The first-order valence-electron chi connectivity index (χ1n) is 12.4. The van der Waals surface area contributed by atoms with Crippen LogP contribution in [0.2, 0.25) is 0 Å². The van der Waals surface area contributed by atoms with Crippen LogP contribution in [0.5, 0.6) is 11.5 Å². The van der Waals surface area contributed by atoms with Crippen LogP contribution in [0.3, 0.4) is 0 Å². The van der Waals surface area contributed by atoms with Crippen LogP contribution >= 0.6 is 23.5 Å². The van der Waals surface area contributed by atoms with Crippen molar-refractivity contribution < 1.29 is 9.47 Å². The quantitative estimate of drug-likeness (QED) is 0.284. The number of aromatic nitrogens is 6. The molecule has 12 heteroatoms. The molecule has 4 aromatic rings. The van der Waals surface area contributed by atoms with Crippen LogP contribution in [-0.4, -0.2) is 65.9 Å². The van der Waals surface area contributed by atoms with Gasteiger partial charge < -0.3 is 9.47 Å². The molecule has 0 spiro atoms. The standard InChI is InChI=1S/C26H26N8O2S2/c1-17-27-29-25-33(17)31-23(15-37-25)19-5-9-21(10-6-19)35-13-3-4-14-36-22-11-7-20(8-12-22)24-16-38-26-30-28-18(2)34(26)32-24/h5-12H,3-4,13-16H2,1-2H3. The Morgan fingerprint density at radius 2 is 1.05 bits per heavy atom. The topological polar surface area (TPSA) is 105 Å². The highest BCUT2D eigenvalue weighted by molar-refractivity contribution is 8.00. The number of unbranched alkanes of at least 4 members (excludes halogenated alkanes) is 1. The third-order valence-corrected chi connectivity index (χ3v) is 7.97. The maximum absolute atomic E-state index is 5.92. The molecule has 10 nitrogen and oxygen atoms in total. The molecule has 0 atom stereocenters. The minimum atomic E-state index is 0.643. The van der Waals surface area contributed by atoms with E-state index in [0.717, 1.165) is 80.4 Å². The summed E-state index contributed by atoms with van der Waals surface area (Å²) in [6, 6.07) is 16.2. The van der Waals surface area contributed by atoms with E-state index in [1.54, 1.807) is 32.9 Å². The Labute approximate surface area is 228 Å². The molecule has 0 fully saturated rings. The molecule has 4 heterocycles. The highest BCUT2D eigenvalue weighted by atomic mass is 32.2. The average molecular weight is 547 g/mol. The average Bonchev–Trinajstić information content (AvgIpc) is 3.52. The summed E-state index contributed by atoms with van der Waals surface area (Å²) in [7, 11) is 0. The molecule has 0 radical (unpaired) electrons. The first kappa shape index (κ1) is 24.7. The molecule has 0 saturated carbocycles. The molecule has 194 valence electrons. The van der Waals surface area contributed by atoms with Gasteiger partial charge in [0.15, 0.2) is 11.6 Å². The van der Waals surface area contributed by atoms with Crippen molar-refractivity contribution in [2.45, 2.75) is 37.0 Å². The van der Waals surface area contributed by atoms with E-state index in [1.807, 2.05) is 38.1 Å². The van der Waals surface area contributed by atoms with Gasteiger partial charge >= 0.3 is 0 Å². The second-order valence-corrected chi connectivity index (χ2v) is 10.7. The van der Waals surface area contributed by atoms with Gasteiger partial charge in [-0.1, -0.05) is 23.5 Å². The Hall–Kier alpha value is -3.64. The first-order chi connectivity index (χ1) is 18.6. The molecular formula is C26H26N8O2S2. The third-order valence-electron chi connectivity index (χ3n) is 6.10. The normalized spacial score (nSPS) is 14.4. The molecular weight excluding hydrogens is 520 g/mol. The number of thioether (sulfide) groups is 2. The number of fused-ring (bicyclic) bond motifs is 2. The van der Waals surface area contributed by atoms with Gasteiger partial charge in [-0.2, -0.15) is 19.6 Å². The maximum atomic E-state index is 5.92. The van der Waals surface area contributed by atoms with E-state index in [9.17, 15) is 0 Å².